The Morgan fingerprint density at radius 1 is 1.09 bits per heavy atom. The zero-order valence-electron chi connectivity index (χ0n) is 13.0. The fourth-order valence-corrected chi connectivity index (χ4v) is 2.46. The fourth-order valence-electron chi connectivity index (χ4n) is 1.99. The van der Waals surface area contributed by atoms with Crippen molar-refractivity contribution in [3.8, 4) is 11.5 Å². The van der Waals surface area contributed by atoms with Gasteiger partial charge in [-0.15, -0.1) is 0 Å². The number of Topliss-reactive ketones (excluding diaryl/α,β-unsaturated/α-hetero) is 1. The molecule has 0 atom stereocenters. The van der Waals surface area contributed by atoms with Crippen LogP contribution in [0.2, 0.25) is 0 Å². The Hall–Kier alpha value is -2.14. The highest BCUT2D eigenvalue weighted by Crippen LogP contribution is 2.22. The molecule has 2 rings (SSSR count). The van der Waals surface area contributed by atoms with Crippen LogP contribution >= 0.6 is 15.9 Å². The normalized spacial score (nSPS) is 10.2. The van der Waals surface area contributed by atoms with Gasteiger partial charge in [-0.3, -0.25) is 4.79 Å². The molecule has 0 unspecified atom stereocenters. The molecule has 120 valence electrons. The molecule has 5 heteroatoms. The fraction of sp³-hybridized carbons (Fsp3) is 0.222. The lowest BCUT2D eigenvalue weighted by molar-refractivity contribution is -0.136. The first kappa shape index (κ1) is 17.2. The monoisotopic (exact) mass is 376 g/mol. The smallest absolute Gasteiger partial charge is 0.349 e. The largest absolute Gasteiger partial charge is 0.482 e. The third kappa shape index (κ3) is 4.93. The predicted molar refractivity (Wildman–Crippen MR) is 91.1 cm³/mol. The molecule has 0 heterocycles. The highest BCUT2D eigenvalue weighted by molar-refractivity contribution is 9.10. The van der Waals surface area contributed by atoms with E-state index in [2.05, 4.69) is 15.9 Å². The van der Waals surface area contributed by atoms with Gasteiger partial charge in [-0.1, -0.05) is 22.9 Å². The second-order valence-electron chi connectivity index (χ2n) is 4.97. The van der Waals surface area contributed by atoms with Crippen LogP contribution in [-0.2, 0) is 4.79 Å². The average Bonchev–Trinajstić information content (AvgIpc) is 2.54. The molecule has 23 heavy (non-hydrogen) atoms. The van der Waals surface area contributed by atoms with Crippen LogP contribution in [0.1, 0.15) is 29.3 Å². The molecule has 0 radical (unpaired) electrons. The summed E-state index contributed by atoms with van der Waals surface area (Å²) in [5.74, 6) is 0.576. The van der Waals surface area contributed by atoms with E-state index in [-0.39, 0.29) is 12.4 Å². The van der Waals surface area contributed by atoms with Crippen LogP contribution in [0.25, 0.3) is 0 Å². The summed E-state index contributed by atoms with van der Waals surface area (Å²) in [6.45, 7) is 3.52. The van der Waals surface area contributed by atoms with Gasteiger partial charge in [0, 0.05) is 16.5 Å². The van der Waals surface area contributed by atoms with Crippen LogP contribution in [0.3, 0.4) is 0 Å². The summed E-state index contributed by atoms with van der Waals surface area (Å²) in [6, 6.07) is 12.0. The van der Waals surface area contributed by atoms with Gasteiger partial charge in [0.15, 0.2) is 12.4 Å². The van der Waals surface area contributed by atoms with Gasteiger partial charge >= 0.3 is 5.97 Å². The summed E-state index contributed by atoms with van der Waals surface area (Å²) in [5, 5.41) is 0. The Balaban J connectivity index is 1.90. The van der Waals surface area contributed by atoms with Crippen LogP contribution in [0, 0.1) is 6.92 Å². The molecular weight excluding hydrogens is 360 g/mol. The molecular formula is C18H17BrO4. The average molecular weight is 377 g/mol. The molecule has 0 saturated heterocycles. The molecule has 0 saturated carbocycles. The number of ketones is 1. The number of ether oxygens (including phenoxy) is 2. The Morgan fingerprint density at radius 3 is 2.39 bits per heavy atom. The Kier molecular flexibility index (Phi) is 5.93. The van der Waals surface area contributed by atoms with Gasteiger partial charge in [0.25, 0.3) is 0 Å². The highest BCUT2D eigenvalue weighted by Gasteiger charge is 2.09. The number of carbonyl (C=O) groups excluding carboxylic acids is 2. The van der Waals surface area contributed by atoms with Crippen LogP contribution in [-0.4, -0.2) is 18.4 Å². The van der Waals surface area contributed by atoms with E-state index >= 15 is 0 Å². The minimum absolute atomic E-state index is 0.0527. The molecule has 0 aliphatic heterocycles. The molecule has 0 aromatic heterocycles. The molecule has 0 aliphatic rings. The van der Waals surface area contributed by atoms with Crippen molar-refractivity contribution in [3.63, 3.8) is 0 Å². The van der Waals surface area contributed by atoms with Crippen molar-refractivity contribution >= 4 is 27.7 Å². The molecule has 4 nitrogen and oxygen atoms in total. The van der Waals surface area contributed by atoms with Crippen molar-refractivity contribution in [2.75, 3.05) is 6.61 Å². The van der Waals surface area contributed by atoms with Crippen molar-refractivity contribution < 1.29 is 19.1 Å². The minimum Gasteiger partial charge on any atom is -0.482 e. The molecule has 0 spiro atoms. The number of hydrogen-bond acceptors (Lipinski definition) is 4. The van der Waals surface area contributed by atoms with E-state index in [4.69, 9.17) is 9.47 Å². The number of hydrogen-bond donors (Lipinski definition) is 0. The lowest BCUT2D eigenvalue weighted by Crippen LogP contribution is -2.18. The number of rotatable bonds is 6. The summed E-state index contributed by atoms with van der Waals surface area (Å²) < 4.78 is 11.6. The molecule has 0 N–H and O–H groups in total. The molecule has 0 bridgehead atoms. The number of aryl methyl sites for hydroxylation is 1. The number of carbonyl (C=O) groups is 2. The first-order valence-corrected chi connectivity index (χ1v) is 8.01. The summed E-state index contributed by atoms with van der Waals surface area (Å²) >= 11 is 3.37. The molecule has 2 aromatic rings. The zero-order chi connectivity index (χ0) is 16.8. The zero-order valence-corrected chi connectivity index (χ0v) is 14.6. The molecule has 0 aliphatic carbocycles. The summed E-state index contributed by atoms with van der Waals surface area (Å²) in [5.41, 5.74) is 1.53. The van der Waals surface area contributed by atoms with E-state index in [1.807, 2.05) is 19.1 Å². The van der Waals surface area contributed by atoms with E-state index < -0.39 is 5.97 Å². The standard InChI is InChI=1S/C18H17BrO4/c1-3-16(20)13-4-7-15(8-5-13)23-18(21)11-22-17-9-6-14(19)10-12(17)2/h4-10H,3,11H2,1-2H3. The maximum Gasteiger partial charge on any atom is 0.349 e. The van der Waals surface area contributed by atoms with Crippen molar-refractivity contribution in [3.05, 3.63) is 58.1 Å². The summed E-state index contributed by atoms with van der Waals surface area (Å²) in [7, 11) is 0. The van der Waals surface area contributed by atoms with E-state index in [0.29, 0.717) is 23.5 Å². The quantitative estimate of drug-likeness (QED) is 0.427. The van der Waals surface area contributed by atoms with Crippen molar-refractivity contribution in [1.82, 2.24) is 0 Å². The van der Waals surface area contributed by atoms with Crippen LogP contribution < -0.4 is 9.47 Å². The lowest BCUT2D eigenvalue weighted by atomic mass is 10.1. The van der Waals surface area contributed by atoms with Gasteiger partial charge in [-0.05, 0) is 55.0 Å². The van der Waals surface area contributed by atoms with Gasteiger partial charge in [-0.2, -0.15) is 0 Å². The molecule has 2 aromatic carbocycles. The van der Waals surface area contributed by atoms with E-state index in [1.54, 1.807) is 37.3 Å². The summed E-state index contributed by atoms with van der Waals surface area (Å²) in [6.07, 6.45) is 0.444. The number of benzene rings is 2. The predicted octanol–water partition coefficient (Wildman–Crippen LogP) is 4.33. The van der Waals surface area contributed by atoms with Crippen LogP contribution in [0.15, 0.2) is 46.9 Å². The first-order chi connectivity index (χ1) is 11.0. The SMILES string of the molecule is CCC(=O)c1ccc(OC(=O)COc2ccc(Br)cc2C)cc1. The summed E-state index contributed by atoms with van der Waals surface area (Å²) in [4.78, 5) is 23.3. The third-order valence-electron chi connectivity index (χ3n) is 3.21. The highest BCUT2D eigenvalue weighted by atomic mass is 79.9. The van der Waals surface area contributed by atoms with Gasteiger partial charge in [-0.25, -0.2) is 4.79 Å². The Labute approximate surface area is 143 Å². The first-order valence-electron chi connectivity index (χ1n) is 7.22. The third-order valence-corrected chi connectivity index (χ3v) is 3.70. The van der Waals surface area contributed by atoms with Crippen LogP contribution in [0.4, 0.5) is 0 Å². The van der Waals surface area contributed by atoms with Gasteiger partial charge < -0.3 is 9.47 Å². The van der Waals surface area contributed by atoms with Crippen molar-refractivity contribution in [1.29, 1.82) is 0 Å². The topological polar surface area (TPSA) is 52.6 Å². The lowest BCUT2D eigenvalue weighted by Gasteiger charge is -2.09. The molecule has 0 amide bonds. The van der Waals surface area contributed by atoms with E-state index in [1.165, 1.54) is 0 Å². The maximum absolute atomic E-state index is 11.8. The van der Waals surface area contributed by atoms with Crippen molar-refractivity contribution in [2.24, 2.45) is 0 Å². The van der Waals surface area contributed by atoms with E-state index in [9.17, 15) is 9.59 Å². The Morgan fingerprint density at radius 2 is 1.78 bits per heavy atom. The second kappa shape index (κ2) is 7.92. The van der Waals surface area contributed by atoms with E-state index in [0.717, 1.165) is 10.0 Å². The number of esters is 1. The van der Waals surface area contributed by atoms with Gasteiger partial charge in [0.2, 0.25) is 0 Å². The van der Waals surface area contributed by atoms with Crippen LogP contribution in [0.5, 0.6) is 11.5 Å². The molecule has 0 fully saturated rings. The second-order valence-corrected chi connectivity index (χ2v) is 5.89. The maximum atomic E-state index is 11.8. The Bertz CT molecular complexity index is 707. The van der Waals surface area contributed by atoms with Gasteiger partial charge in [0.05, 0.1) is 0 Å². The minimum atomic E-state index is -0.498. The van der Waals surface area contributed by atoms with Gasteiger partial charge in [0.1, 0.15) is 11.5 Å². The number of halogens is 1. The van der Waals surface area contributed by atoms with Crippen molar-refractivity contribution in [2.45, 2.75) is 20.3 Å².